The van der Waals surface area contributed by atoms with E-state index >= 15 is 0 Å². The van der Waals surface area contributed by atoms with E-state index in [0.29, 0.717) is 22.7 Å². The molecule has 0 saturated heterocycles. The second-order valence-corrected chi connectivity index (χ2v) is 8.48. The minimum absolute atomic E-state index is 0. The van der Waals surface area contributed by atoms with Crippen LogP contribution < -0.4 is 44.9 Å². The summed E-state index contributed by atoms with van der Waals surface area (Å²) in [6, 6.07) is 12.8. The second-order valence-electron chi connectivity index (χ2n) is 6.91. The van der Waals surface area contributed by atoms with Gasteiger partial charge in [-0.25, -0.2) is 17.8 Å². The number of aromatic nitrogens is 2. The quantitative estimate of drug-likeness (QED) is 0.410. The van der Waals surface area contributed by atoms with Gasteiger partial charge in [0.25, 0.3) is 0 Å². The molecule has 0 bridgehead atoms. The summed E-state index contributed by atoms with van der Waals surface area (Å²) >= 11 is 0. The summed E-state index contributed by atoms with van der Waals surface area (Å²) in [6.45, 7) is 3.00. The molecule has 0 fully saturated rings. The number of carbonyl (C=O) groups is 1. The molecule has 2 N–H and O–H groups in total. The Balaban J connectivity index is 0.00000432. The summed E-state index contributed by atoms with van der Waals surface area (Å²) in [6.07, 6.45) is 0.925. The van der Waals surface area contributed by atoms with Crippen LogP contribution in [0.4, 0.5) is 27.5 Å². The number of amides is 1. The van der Waals surface area contributed by atoms with Gasteiger partial charge in [0.05, 0.1) is 17.0 Å². The minimum Gasteiger partial charge on any atom is -0.542 e. The molecule has 0 atom stereocenters. The molecule has 0 aliphatic carbocycles. The molecule has 0 saturated carbocycles. The van der Waals surface area contributed by atoms with Gasteiger partial charge in [-0.05, 0) is 55.3 Å². The summed E-state index contributed by atoms with van der Waals surface area (Å²) in [7, 11) is -4.19. The van der Waals surface area contributed by atoms with Gasteiger partial charge in [0, 0.05) is 11.4 Å². The van der Waals surface area contributed by atoms with Crippen LogP contribution in [0.1, 0.15) is 18.9 Å². The van der Waals surface area contributed by atoms with Crippen molar-refractivity contribution in [1.82, 2.24) is 9.97 Å². The van der Waals surface area contributed by atoms with E-state index in [2.05, 4.69) is 25.3 Å². The number of benzene rings is 2. The molecular weight excluding hydrogens is 486 g/mol. The number of ether oxygens (including phenoxy) is 1. The summed E-state index contributed by atoms with van der Waals surface area (Å²) in [5, 5.41) is 14.2. The molecule has 2 aromatic carbocycles. The Kier molecular flexibility index (Phi) is 9.97. The third kappa shape index (κ3) is 7.63. The molecule has 176 valence electrons. The average Bonchev–Trinajstić information content (AvgIpc) is 2.81. The number of rotatable bonds is 9. The molecule has 10 nitrogen and oxygen atoms in total. The van der Waals surface area contributed by atoms with Crippen molar-refractivity contribution in [2.45, 2.75) is 25.2 Å². The summed E-state index contributed by atoms with van der Waals surface area (Å²) in [5.74, 6) is -1.09. The smallest absolute Gasteiger partial charge is 0.542 e. The molecule has 1 heterocycles. The fraction of sp³-hybridized carbons (Fsp3) is 0.182. The Bertz CT molecular complexity index is 1350. The summed E-state index contributed by atoms with van der Waals surface area (Å²) in [5.41, 5.74) is 1.22. The Hall–Kier alpha value is -3.24. The fourth-order valence-electron chi connectivity index (χ4n) is 2.73. The van der Waals surface area contributed by atoms with Gasteiger partial charge in [0.1, 0.15) is 21.8 Å². The number of hydrogen-bond acceptors (Lipinski definition) is 9. The van der Waals surface area contributed by atoms with E-state index in [4.69, 9.17) is 10.00 Å². The number of carbonyl (C=O) groups excluding carboxylic acids is 1. The van der Waals surface area contributed by atoms with Crippen molar-refractivity contribution in [3.8, 4) is 11.8 Å². The first-order valence-corrected chi connectivity index (χ1v) is 11.4. The molecule has 0 aliphatic rings. The summed E-state index contributed by atoms with van der Waals surface area (Å²) in [4.78, 5) is 19.4. The van der Waals surface area contributed by atoms with Gasteiger partial charge in [-0.2, -0.15) is 10.2 Å². The Morgan fingerprint density at radius 2 is 1.86 bits per heavy atom. The Morgan fingerprint density at radius 3 is 2.51 bits per heavy atom. The van der Waals surface area contributed by atoms with Crippen molar-refractivity contribution < 1.29 is 51.9 Å². The zero-order chi connectivity index (χ0) is 24.7. The van der Waals surface area contributed by atoms with E-state index in [-0.39, 0.29) is 59.2 Å². The molecule has 0 aliphatic heterocycles. The third-order valence-electron chi connectivity index (χ3n) is 4.41. The van der Waals surface area contributed by atoms with Crippen LogP contribution in [0.15, 0.2) is 53.6 Å². The van der Waals surface area contributed by atoms with E-state index in [1.807, 2.05) is 6.07 Å². The maximum atomic E-state index is 14.3. The van der Waals surface area contributed by atoms with Gasteiger partial charge >= 0.3 is 29.6 Å². The molecule has 0 unspecified atom stereocenters. The maximum absolute atomic E-state index is 14.3. The van der Waals surface area contributed by atoms with Gasteiger partial charge in [-0.1, -0.05) is 13.0 Å². The summed E-state index contributed by atoms with van der Waals surface area (Å²) < 4.78 is 47.7. The van der Waals surface area contributed by atoms with Crippen LogP contribution in [-0.2, 0) is 14.8 Å². The van der Waals surface area contributed by atoms with Gasteiger partial charge in [-0.15, -0.1) is 0 Å². The van der Waals surface area contributed by atoms with Crippen molar-refractivity contribution in [3.63, 3.8) is 0 Å². The van der Waals surface area contributed by atoms with Gasteiger partial charge in [-0.3, -0.25) is 0 Å². The number of nitriles is 1. The van der Waals surface area contributed by atoms with Crippen molar-refractivity contribution in [2.75, 3.05) is 17.2 Å². The number of halogens is 1. The monoisotopic (exact) mass is 506 g/mol. The maximum Gasteiger partial charge on any atom is 1.00 e. The zero-order valence-electron chi connectivity index (χ0n) is 19.2. The Morgan fingerprint density at radius 1 is 1.17 bits per heavy atom. The molecule has 1 amide bonds. The van der Waals surface area contributed by atoms with Crippen LogP contribution in [0.25, 0.3) is 4.72 Å². The van der Waals surface area contributed by atoms with Crippen LogP contribution in [0.5, 0.6) is 5.75 Å². The zero-order valence-corrected chi connectivity index (χ0v) is 22.1. The number of nitrogens with zero attached hydrogens (tertiary/aromatic N) is 4. The molecule has 35 heavy (non-hydrogen) atoms. The van der Waals surface area contributed by atoms with E-state index in [1.165, 1.54) is 13.0 Å². The van der Waals surface area contributed by atoms with Crippen LogP contribution in [0.2, 0.25) is 0 Å². The second kappa shape index (κ2) is 12.5. The van der Waals surface area contributed by atoms with Crippen LogP contribution in [-0.4, -0.2) is 30.9 Å². The normalized spacial score (nSPS) is 10.5. The fourth-order valence-corrected chi connectivity index (χ4v) is 3.98. The molecule has 13 heteroatoms. The van der Waals surface area contributed by atoms with Gasteiger partial charge in [0.2, 0.25) is 5.95 Å². The van der Waals surface area contributed by atoms with Gasteiger partial charge < -0.3 is 24.9 Å². The SMILES string of the molecule is CCC(=O)[N-]S(=O)(=O)c1cc(Nc2ncc(F)c(Nc3ccc(OCC#N)cc3)n2)ccc1C.[Na+]. The first-order valence-electron chi connectivity index (χ1n) is 9.99. The largest absolute Gasteiger partial charge is 1.00 e. The topological polar surface area (TPSA) is 148 Å². The number of anilines is 4. The van der Waals surface area contributed by atoms with E-state index in [0.717, 1.165) is 6.20 Å². The average molecular weight is 506 g/mol. The predicted molar refractivity (Wildman–Crippen MR) is 123 cm³/mol. The standard InChI is InChI=1S/C22H21FN6O4S.Na/c1-3-20(30)29-34(31,32)19-12-16(5-4-14(19)2)27-22-25-13-18(23)21(28-22)26-15-6-8-17(9-7-15)33-11-10-24;/h4-9,12-13H,3,11H2,1-2H3,(H3,25,26,27,28,29,30);/q;+1/p-1. The van der Waals surface area contributed by atoms with Crippen LogP contribution >= 0.6 is 0 Å². The van der Waals surface area contributed by atoms with Crippen molar-refractivity contribution in [3.05, 3.63) is 64.8 Å². The van der Waals surface area contributed by atoms with Gasteiger partial charge in [0.15, 0.2) is 18.2 Å². The predicted octanol–water partition coefficient (Wildman–Crippen LogP) is 1.32. The minimum atomic E-state index is -4.19. The number of sulfonamides is 1. The van der Waals surface area contributed by atoms with Crippen molar-refractivity contribution in [1.29, 1.82) is 5.26 Å². The third-order valence-corrected chi connectivity index (χ3v) is 5.85. The molecule has 0 spiro atoms. The number of nitrogens with one attached hydrogen (secondary N) is 2. The van der Waals surface area contributed by atoms with Crippen molar-refractivity contribution in [2.24, 2.45) is 0 Å². The molecule has 0 radical (unpaired) electrons. The van der Waals surface area contributed by atoms with E-state index < -0.39 is 21.7 Å². The Labute approximate surface area is 224 Å². The van der Waals surface area contributed by atoms with E-state index in [1.54, 1.807) is 43.3 Å². The number of aryl methyl sites for hydroxylation is 1. The molecular formula is C22H20FN6NaO4S. The van der Waals surface area contributed by atoms with Crippen LogP contribution in [0.3, 0.4) is 0 Å². The van der Waals surface area contributed by atoms with Crippen molar-refractivity contribution >= 4 is 39.1 Å². The first kappa shape index (κ1) is 28.0. The van der Waals surface area contributed by atoms with E-state index in [9.17, 15) is 17.6 Å². The van der Waals surface area contributed by atoms with Crippen LogP contribution in [0, 0.1) is 24.1 Å². The number of hydrogen-bond donors (Lipinski definition) is 2. The molecule has 3 rings (SSSR count). The molecule has 1 aromatic heterocycles. The molecule has 3 aromatic rings. The first-order chi connectivity index (χ1) is 16.2.